The highest BCUT2D eigenvalue weighted by Gasteiger charge is 2.29. The molecule has 2 atom stereocenters. The van der Waals surface area contributed by atoms with E-state index in [0.717, 1.165) is 13.1 Å². The summed E-state index contributed by atoms with van der Waals surface area (Å²) < 4.78 is 0. The monoisotopic (exact) mass is 280 g/mol. The Hall–Kier alpha value is -1.64. The van der Waals surface area contributed by atoms with Crippen LogP contribution < -0.4 is 5.73 Å². The molecule has 0 aliphatic carbocycles. The lowest BCUT2D eigenvalue weighted by Crippen LogP contribution is -2.31. The third-order valence-electron chi connectivity index (χ3n) is 4.62. The third kappa shape index (κ3) is 3.17. The Morgan fingerprint density at radius 2 is 1.81 bits per heavy atom. The Morgan fingerprint density at radius 3 is 2.48 bits per heavy atom. The number of benzene rings is 2. The normalized spacial score (nSPS) is 20.6. The van der Waals surface area contributed by atoms with Crippen LogP contribution in [0.4, 0.5) is 0 Å². The zero-order valence-electron chi connectivity index (χ0n) is 12.7. The van der Waals surface area contributed by atoms with Crippen LogP contribution in [-0.2, 0) is 0 Å². The highest BCUT2D eigenvalue weighted by atomic mass is 15.2. The fourth-order valence-electron chi connectivity index (χ4n) is 3.35. The van der Waals surface area contributed by atoms with E-state index in [4.69, 9.17) is 5.73 Å². The summed E-state index contributed by atoms with van der Waals surface area (Å²) >= 11 is 0. The molecule has 2 aromatic rings. The molecule has 2 nitrogen and oxygen atoms in total. The summed E-state index contributed by atoms with van der Waals surface area (Å²) in [6, 6.07) is 20.0. The van der Waals surface area contributed by atoms with Gasteiger partial charge in [0.1, 0.15) is 0 Å². The van der Waals surface area contributed by atoms with Crippen molar-refractivity contribution < 1.29 is 0 Å². The van der Waals surface area contributed by atoms with Crippen LogP contribution in [0.2, 0.25) is 0 Å². The number of nitrogens with two attached hydrogens (primary N) is 1. The molecule has 1 aliphatic rings. The molecule has 0 radical (unpaired) electrons. The molecule has 1 aliphatic heterocycles. The Balaban J connectivity index is 1.73. The molecular formula is C19H24N2. The molecule has 0 aromatic heterocycles. The average Bonchev–Trinajstić information content (AvgIpc) is 3.00. The van der Waals surface area contributed by atoms with Gasteiger partial charge in [-0.15, -0.1) is 0 Å². The quantitative estimate of drug-likeness (QED) is 0.929. The minimum absolute atomic E-state index is 0.347. The first-order valence-corrected chi connectivity index (χ1v) is 7.83. The fraction of sp³-hybridized carbons (Fsp3) is 0.368. The number of nitrogens with zero attached hydrogens (tertiary/aromatic N) is 1. The van der Waals surface area contributed by atoms with Gasteiger partial charge in [0.15, 0.2) is 0 Å². The first kappa shape index (κ1) is 14.3. The summed E-state index contributed by atoms with van der Waals surface area (Å²) in [6.07, 6.45) is 1.23. The van der Waals surface area contributed by atoms with Crippen molar-refractivity contribution in [2.75, 3.05) is 19.6 Å². The first-order valence-electron chi connectivity index (χ1n) is 7.83. The molecule has 2 aromatic carbocycles. The highest BCUT2D eigenvalue weighted by Crippen LogP contribution is 2.32. The van der Waals surface area contributed by atoms with Gasteiger partial charge in [-0.2, -0.15) is 0 Å². The molecule has 110 valence electrons. The van der Waals surface area contributed by atoms with Crippen molar-refractivity contribution in [1.82, 2.24) is 4.90 Å². The Kier molecular flexibility index (Phi) is 4.37. The van der Waals surface area contributed by atoms with Crippen molar-refractivity contribution in [3.05, 3.63) is 71.3 Å². The van der Waals surface area contributed by atoms with Crippen LogP contribution in [0, 0.1) is 6.92 Å². The van der Waals surface area contributed by atoms with Gasteiger partial charge in [0, 0.05) is 19.1 Å². The molecule has 0 saturated carbocycles. The van der Waals surface area contributed by atoms with E-state index in [0.29, 0.717) is 18.5 Å². The number of hydrogen-bond donors (Lipinski definition) is 1. The van der Waals surface area contributed by atoms with E-state index in [9.17, 15) is 0 Å². The van der Waals surface area contributed by atoms with Crippen molar-refractivity contribution in [1.29, 1.82) is 0 Å². The van der Waals surface area contributed by atoms with Crippen molar-refractivity contribution >= 4 is 0 Å². The molecular weight excluding hydrogens is 256 g/mol. The second-order valence-corrected chi connectivity index (χ2v) is 6.05. The van der Waals surface area contributed by atoms with Crippen LogP contribution in [-0.4, -0.2) is 24.5 Å². The molecule has 2 unspecified atom stereocenters. The minimum Gasteiger partial charge on any atom is -0.329 e. The van der Waals surface area contributed by atoms with E-state index in [1.165, 1.54) is 23.1 Å². The van der Waals surface area contributed by atoms with Gasteiger partial charge < -0.3 is 5.73 Å². The van der Waals surface area contributed by atoms with Crippen LogP contribution in [0.3, 0.4) is 0 Å². The highest BCUT2D eigenvalue weighted by molar-refractivity contribution is 5.26. The van der Waals surface area contributed by atoms with Crippen molar-refractivity contribution in [2.24, 2.45) is 5.73 Å². The van der Waals surface area contributed by atoms with Gasteiger partial charge in [-0.3, -0.25) is 4.90 Å². The topological polar surface area (TPSA) is 29.3 Å². The van der Waals surface area contributed by atoms with Crippen LogP contribution in [0.15, 0.2) is 54.6 Å². The summed E-state index contributed by atoms with van der Waals surface area (Å²) in [5, 5.41) is 0. The van der Waals surface area contributed by atoms with Gasteiger partial charge in [0.05, 0.1) is 0 Å². The molecule has 1 fully saturated rings. The number of hydrogen-bond acceptors (Lipinski definition) is 2. The van der Waals surface area contributed by atoms with E-state index >= 15 is 0 Å². The SMILES string of the molecule is Cc1ccc(C(CN)N2CCC(c3ccccc3)C2)cc1. The maximum absolute atomic E-state index is 6.07. The molecule has 3 rings (SSSR count). The molecule has 21 heavy (non-hydrogen) atoms. The smallest absolute Gasteiger partial charge is 0.0470 e. The summed E-state index contributed by atoms with van der Waals surface area (Å²) in [5.74, 6) is 0.644. The van der Waals surface area contributed by atoms with Gasteiger partial charge in [0.2, 0.25) is 0 Å². The Bertz CT molecular complexity index is 562. The molecule has 0 amide bonds. The van der Waals surface area contributed by atoms with E-state index in [-0.39, 0.29) is 0 Å². The Labute approximate surface area is 127 Å². The van der Waals surface area contributed by atoms with Gasteiger partial charge in [-0.05, 0) is 36.9 Å². The Morgan fingerprint density at radius 1 is 1.10 bits per heavy atom. The maximum Gasteiger partial charge on any atom is 0.0470 e. The number of rotatable bonds is 4. The van der Waals surface area contributed by atoms with E-state index in [2.05, 4.69) is 66.4 Å². The van der Waals surface area contributed by atoms with E-state index < -0.39 is 0 Å². The standard InChI is InChI=1S/C19H24N2/c1-15-7-9-17(10-8-15)19(13-20)21-12-11-18(14-21)16-5-3-2-4-6-16/h2-10,18-19H,11-14,20H2,1H3. The minimum atomic E-state index is 0.347. The van der Waals surface area contributed by atoms with Crippen LogP contribution in [0.1, 0.15) is 35.1 Å². The maximum atomic E-state index is 6.07. The molecule has 1 heterocycles. The zero-order chi connectivity index (χ0) is 14.7. The van der Waals surface area contributed by atoms with E-state index in [1.54, 1.807) is 0 Å². The third-order valence-corrected chi connectivity index (χ3v) is 4.62. The average molecular weight is 280 g/mol. The van der Waals surface area contributed by atoms with E-state index in [1.807, 2.05) is 0 Å². The summed E-state index contributed by atoms with van der Waals surface area (Å²) in [7, 11) is 0. The van der Waals surface area contributed by atoms with Gasteiger partial charge in [-0.1, -0.05) is 60.2 Å². The summed E-state index contributed by atoms with van der Waals surface area (Å²) in [5.41, 5.74) is 10.2. The molecule has 1 saturated heterocycles. The predicted octanol–water partition coefficient (Wildman–Crippen LogP) is 3.48. The van der Waals surface area contributed by atoms with Gasteiger partial charge >= 0.3 is 0 Å². The van der Waals surface area contributed by atoms with Crippen molar-refractivity contribution in [2.45, 2.75) is 25.3 Å². The second kappa shape index (κ2) is 6.42. The van der Waals surface area contributed by atoms with Crippen molar-refractivity contribution in [3.63, 3.8) is 0 Å². The first-order chi connectivity index (χ1) is 10.3. The molecule has 2 N–H and O–H groups in total. The number of aryl methyl sites for hydroxylation is 1. The fourth-order valence-corrected chi connectivity index (χ4v) is 3.35. The van der Waals surface area contributed by atoms with Crippen LogP contribution in [0.25, 0.3) is 0 Å². The van der Waals surface area contributed by atoms with Crippen LogP contribution >= 0.6 is 0 Å². The summed E-state index contributed by atoms with van der Waals surface area (Å²) in [4.78, 5) is 2.54. The summed E-state index contributed by atoms with van der Waals surface area (Å²) in [6.45, 7) is 5.06. The lowest BCUT2D eigenvalue weighted by Gasteiger charge is -2.27. The lowest BCUT2D eigenvalue weighted by molar-refractivity contribution is 0.248. The zero-order valence-corrected chi connectivity index (χ0v) is 12.7. The largest absolute Gasteiger partial charge is 0.329 e. The predicted molar refractivity (Wildman–Crippen MR) is 88.3 cm³/mol. The van der Waals surface area contributed by atoms with Gasteiger partial charge in [-0.25, -0.2) is 0 Å². The lowest BCUT2D eigenvalue weighted by atomic mass is 9.98. The van der Waals surface area contributed by atoms with Crippen LogP contribution in [0.5, 0.6) is 0 Å². The molecule has 0 spiro atoms. The van der Waals surface area contributed by atoms with Gasteiger partial charge in [0.25, 0.3) is 0 Å². The van der Waals surface area contributed by atoms with Crippen molar-refractivity contribution in [3.8, 4) is 0 Å². The molecule has 0 bridgehead atoms. The second-order valence-electron chi connectivity index (χ2n) is 6.05. The molecule has 2 heteroatoms. The number of likely N-dealkylation sites (tertiary alicyclic amines) is 1.